The number of hydrogen-bond donors (Lipinski definition) is 1. The van der Waals surface area contributed by atoms with Crippen molar-refractivity contribution in [1.82, 2.24) is 35.0 Å². The Morgan fingerprint density at radius 2 is 2.08 bits per heavy atom. The summed E-state index contributed by atoms with van der Waals surface area (Å²) in [5.74, 6) is -4.57. The van der Waals surface area contributed by atoms with E-state index < -0.39 is 17.7 Å². The van der Waals surface area contributed by atoms with Crippen LogP contribution in [0.4, 0.5) is 14.5 Å². The van der Waals surface area contributed by atoms with Gasteiger partial charge in [-0.3, -0.25) is 9.59 Å². The zero-order chi connectivity index (χ0) is 26.0. The van der Waals surface area contributed by atoms with Crippen LogP contribution < -0.4 is 5.32 Å². The lowest BCUT2D eigenvalue weighted by molar-refractivity contribution is 0.00737. The van der Waals surface area contributed by atoms with E-state index in [9.17, 15) is 18.4 Å². The Hall–Kier alpha value is -4.57. The molecule has 0 saturated heterocycles. The molecule has 0 bridgehead atoms. The average Bonchev–Trinajstić information content (AvgIpc) is 3.48. The largest absolute Gasteiger partial charge is 0.320 e. The van der Waals surface area contributed by atoms with Crippen LogP contribution in [0.3, 0.4) is 0 Å². The van der Waals surface area contributed by atoms with E-state index in [1.54, 1.807) is 19.1 Å². The molecule has 14 heteroatoms. The van der Waals surface area contributed by atoms with Gasteiger partial charge < -0.3 is 5.32 Å². The first kappa shape index (κ1) is 24.6. The fraction of sp³-hybridized carbons (Fsp3) is 0.182. The van der Waals surface area contributed by atoms with Crippen molar-refractivity contribution >= 4 is 29.5 Å². The van der Waals surface area contributed by atoms with E-state index in [0.717, 1.165) is 4.80 Å². The number of aromatic nitrogens is 7. The Bertz CT molecular complexity index is 1520. The number of nitrogens with one attached hydrogen (secondary N) is 1. The first-order valence-electron chi connectivity index (χ1n) is 10.3. The third kappa shape index (κ3) is 4.93. The Balaban J connectivity index is 1.74. The topological polar surface area (TPSA) is 144 Å². The van der Waals surface area contributed by atoms with Gasteiger partial charge in [-0.25, -0.2) is 9.67 Å². The molecular weight excluding hydrogens is 496 g/mol. The molecule has 3 aromatic heterocycles. The number of anilines is 1. The highest BCUT2D eigenvalue weighted by Gasteiger charge is 2.30. The molecule has 0 atom stereocenters. The number of carbonyl (C=O) groups is 2. The number of carbonyl (C=O) groups excluding carboxylic acids is 2. The smallest absolute Gasteiger partial charge is 0.307 e. The second-order valence-corrected chi connectivity index (χ2v) is 8.12. The second-order valence-electron chi connectivity index (χ2n) is 7.71. The lowest BCUT2D eigenvalue weighted by Gasteiger charge is -2.12. The normalized spacial score (nSPS) is 11.2. The van der Waals surface area contributed by atoms with E-state index in [4.69, 9.17) is 16.9 Å². The lowest BCUT2D eigenvalue weighted by Crippen LogP contribution is -2.19. The molecule has 1 aromatic carbocycles. The molecule has 36 heavy (non-hydrogen) atoms. The van der Waals surface area contributed by atoms with Crippen LogP contribution in [0, 0.1) is 18.3 Å². The average molecular weight is 512 g/mol. The first-order valence-corrected chi connectivity index (χ1v) is 10.7. The van der Waals surface area contributed by atoms with Crippen LogP contribution >= 0.6 is 11.6 Å². The highest BCUT2D eigenvalue weighted by Crippen LogP contribution is 2.25. The van der Waals surface area contributed by atoms with Crippen LogP contribution in [0.25, 0.3) is 5.82 Å². The number of pyridine rings is 1. The zero-order valence-electron chi connectivity index (χ0n) is 18.8. The van der Waals surface area contributed by atoms with E-state index in [-0.39, 0.29) is 45.6 Å². The van der Waals surface area contributed by atoms with E-state index in [1.807, 2.05) is 6.07 Å². The number of nitrogens with zero attached hydrogens (tertiary/aromatic N) is 8. The van der Waals surface area contributed by atoms with Gasteiger partial charge in [0.2, 0.25) is 5.82 Å². The van der Waals surface area contributed by atoms with Crippen molar-refractivity contribution in [2.24, 2.45) is 0 Å². The summed E-state index contributed by atoms with van der Waals surface area (Å²) >= 11 is 6.27. The maximum atomic E-state index is 13.5. The van der Waals surface area contributed by atoms with Crippen molar-refractivity contribution in [2.45, 2.75) is 26.3 Å². The van der Waals surface area contributed by atoms with Gasteiger partial charge in [-0.2, -0.15) is 23.9 Å². The minimum atomic E-state index is -3.28. The maximum absolute atomic E-state index is 13.5. The quantitative estimate of drug-likeness (QED) is 0.372. The van der Waals surface area contributed by atoms with Gasteiger partial charge in [0, 0.05) is 18.7 Å². The third-order valence-corrected chi connectivity index (χ3v) is 5.24. The fourth-order valence-corrected chi connectivity index (χ4v) is 3.52. The van der Waals surface area contributed by atoms with Gasteiger partial charge in [0.15, 0.2) is 12.1 Å². The summed E-state index contributed by atoms with van der Waals surface area (Å²) < 4.78 is 28.1. The molecule has 0 aliphatic rings. The summed E-state index contributed by atoms with van der Waals surface area (Å²) in [5.41, 5.74) is 1.28. The number of aryl methyl sites for hydroxylation is 1. The van der Waals surface area contributed by atoms with E-state index >= 15 is 0 Å². The number of tetrazole rings is 1. The van der Waals surface area contributed by atoms with Crippen molar-refractivity contribution in [3.8, 4) is 11.9 Å². The second kappa shape index (κ2) is 9.59. The van der Waals surface area contributed by atoms with Crippen LogP contribution in [-0.4, -0.2) is 47.2 Å². The summed E-state index contributed by atoms with van der Waals surface area (Å²) in [6.07, 6.45) is 1.98. The minimum Gasteiger partial charge on any atom is -0.320 e. The molecule has 0 aliphatic carbocycles. The molecule has 1 N–H and O–H groups in total. The number of halogens is 3. The minimum absolute atomic E-state index is 0.0210. The standard InChI is InChI=1S/C22H16ClF2N9O2/c1-12-6-13(9-26)7-14(11-35)18(12)28-20(36)17-8-15(10-33-31-21(29-32-33)22(2,24)25)30-34(17)19-16(23)4-3-5-27-19/h3-8,11H,10H2,1-2H3,(H,28,36). The number of hydrogen-bond acceptors (Lipinski definition) is 8. The molecule has 1 amide bonds. The fourth-order valence-electron chi connectivity index (χ4n) is 3.31. The van der Waals surface area contributed by atoms with Gasteiger partial charge in [0.1, 0.15) is 12.2 Å². The lowest BCUT2D eigenvalue weighted by atomic mass is 10.0. The van der Waals surface area contributed by atoms with E-state index in [0.29, 0.717) is 18.8 Å². The molecule has 3 heterocycles. The molecule has 4 rings (SSSR count). The highest BCUT2D eigenvalue weighted by atomic mass is 35.5. The van der Waals surface area contributed by atoms with Crippen molar-refractivity contribution < 1.29 is 18.4 Å². The molecule has 0 fully saturated rings. The van der Waals surface area contributed by atoms with Gasteiger partial charge in [0.05, 0.1) is 28.0 Å². The first-order chi connectivity index (χ1) is 17.1. The third-order valence-electron chi connectivity index (χ3n) is 4.94. The highest BCUT2D eigenvalue weighted by molar-refractivity contribution is 6.32. The molecule has 4 aromatic rings. The molecule has 11 nitrogen and oxygen atoms in total. The number of alkyl halides is 2. The zero-order valence-corrected chi connectivity index (χ0v) is 19.5. The van der Waals surface area contributed by atoms with Gasteiger partial charge in [-0.15, -0.1) is 10.2 Å². The Morgan fingerprint density at radius 3 is 2.72 bits per heavy atom. The number of amides is 1. The Morgan fingerprint density at radius 1 is 1.31 bits per heavy atom. The van der Waals surface area contributed by atoms with Crippen LogP contribution in [-0.2, 0) is 12.5 Å². The van der Waals surface area contributed by atoms with Crippen molar-refractivity contribution in [3.63, 3.8) is 0 Å². The number of aldehydes is 1. The predicted molar refractivity (Wildman–Crippen MR) is 122 cm³/mol. The van der Waals surface area contributed by atoms with Gasteiger partial charge in [-0.1, -0.05) is 11.6 Å². The van der Waals surface area contributed by atoms with Gasteiger partial charge in [-0.05, 0) is 48.0 Å². The molecule has 0 saturated carbocycles. The molecule has 0 spiro atoms. The van der Waals surface area contributed by atoms with E-state index in [2.05, 4.69) is 30.8 Å². The van der Waals surface area contributed by atoms with Crippen molar-refractivity contribution in [2.75, 3.05) is 5.32 Å². The monoisotopic (exact) mass is 511 g/mol. The summed E-state index contributed by atoms with van der Waals surface area (Å²) in [4.78, 5) is 30.0. The molecule has 0 unspecified atom stereocenters. The number of nitriles is 1. The Kier molecular flexibility index (Phi) is 6.54. The van der Waals surface area contributed by atoms with Gasteiger partial charge >= 0.3 is 5.92 Å². The van der Waals surface area contributed by atoms with Crippen molar-refractivity contribution in [3.05, 3.63) is 75.5 Å². The summed E-state index contributed by atoms with van der Waals surface area (Å²) in [6, 6.07) is 9.36. The van der Waals surface area contributed by atoms with Crippen LogP contribution in [0.15, 0.2) is 36.5 Å². The molecule has 182 valence electrons. The summed E-state index contributed by atoms with van der Waals surface area (Å²) in [6.45, 7) is 2.10. The van der Waals surface area contributed by atoms with Crippen molar-refractivity contribution in [1.29, 1.82) is 5.26 Å². The number of benzene rings is 1. The summed E-state index contributed by atoms with van der Waals surface area (Å²) in [7, 11) is 0. The van der Waals surface area contributed by atoms with Crippen LogP contribution in [0.1, 0.15) is 50.4 Å². The van der Waals surface area contributed by atoms with E-state index in [1.165, 1.54) is 29.1 Å². The van der Waals surface area contributed by atoms with Gasteiger partial charge in [0.25, 0.3) is 5.91 Å². The molecule has 0 radical (unpaired) electrons. The Labute approximate surface area is 207 Å². The SMILES string of the molecule is Cc1cc(C#N)cc(C=O)c1NC(=O)c1cc(Cn2nnc(C(C)(F)F)n2)nn1-c1ncccc1Cl. The maximum Gasteiger partial charge on any atom is 0.307 e. The number of rotatable bonds is 7. The summed E-state index contributed by atoms with van der Waals surface area (Å²) in [5, 5.41) is 27.0. The van der Waals surface area contributed by atoms with Crippen LogP contribution in [0.5, 0.6) is 0 Å². The molecular formula is C22H16ClF2N9O2. The molecule has 0 aliphatic heterocycles. The predicted octanol–water partition coefficient (Wildman–Crippen LogP) is 3.31. The van der Waals surface area contributed by atoms with Crippen LogP contribution in [0.2, 0.25) is 5.02 Å².